The van der Waals surface area contributed by atoms with Crippen molar-refractivity contribution in [3.8, 4) is 0 Å². The zero-order valence-electron chi connectivity index (χ0n) is 8.80. The number of hydrogen-bond donors (Lipinski definition) is 2. The molecule has 0 spiro atoms. The van der Waals surface area contributed by atoms with Gasteiger partial charge in [0, 0.05) is 6.61 Å². The third-order valence-electron chi connectivity index (χ3n) is 3.53. The third kappa shape index (κ3) is 1.53. The van der Waals surface area contributed by atoms with E-state index in [1.165, 1.54) is 0 Å². The van der Waals surface area contributed by atoms with E-state index < -0.39 is 5.54 Å². The number of carbonyl (C=O) groups excluding carboxylic acids is 1. The van der Waals surface area contributed by atoms with Crippen molar-refractivity contribution in [3.05, 3.63) is 0 Å². The van der Waals surface area contributed by atoms with Gasteiger partial charge in [0.2, 0.25) is 5.91 Å². The molecule has 0 aromatic rings. The summed E-state index contributed by atoms with van der Waals surface area (Å²) in [6.45, 7) is 4.73. The number of ether oxygens (including phenoxy) is 1. The molecule has 80 valence electrons. The number of hydrogen-bond acceptors (Lipinski definition) is 3. The maximum Gasteiger partial charge on any atom is 0.240 e. The Hall–Kier alpha value is -0.610. The number of rotatable bonds is 2. The van der Waals surface area contributed by atoms with Crippen molar-refractivity contribution >= 4 is 5.91 Å². The van der Waals surface area contributed by atoms with Gasteiger partial charge in [-0.1, -0.05) is 0 Å². The summed E-state index contributed by atoms with van der Waals surface area (Å²) in [5.41, 5.74) is 5.01. The smallest absolute Gasteiger partial charge is 0.240 e. The second kappa shape index (κ2) is 2.94. The van der Waals surface area contributed by atoms with Crippen LogP contribution in [-0.2, 0) is 9.53 Å². The summed E-state index contributed by atoms with van der Waals surface area (Å²) in [4.78, 5) is 11.7. The second-order valence-electron chi connectivity index (χ2n) is 4.79. The maximum atomic E-state index is 11.7. The molecule has 2 unspecified atom stereocenters. The van der Waals surface area contributed by atoms with Gasteiger partial charge in [0.15, 0.2) is 0 Å². The quantitative estimate of drug-likeness (QED) is 0.664. The summed E-state index contributed by atoms with van der Waals surface area (Å²) in [5, 5.41) is 3.02. The van der Waals surface area contributed by atoms with Gasteiger partial charge in [-0.3, -0.25) is 4.79 Å². The minimum Gasteiger partial charge on any atom is -0.376 e. The van der Waals surface area contributed by atoms with Crippen molar-refractivity contribution < 1.29 is 9.53 Å². The highest BCUT2D eigenvalue weighted by atomic mass is 16.5. The molecule has 2 aliphatic rings. The van der Waals surface area contributed by atoms with Gasteiger partial charge < -0.3 is 15.8 Å². The van der Waals surface area contributed by atoms with Crippen molar-refractivity contribution in [2.45, 2.75) is 50.3 Å². The lowest BCUT2D eigenvalue weighted by Crippen LogP contribution is -2.56. The predicted molar refractivity (Wildman–Crippen MR) is 52.7 cm³/mol. The van der Waals surface area contributed by atoms with Crippen LogP contribution in [0.5, 0.6) is 0 Å². The van der Waals surface area contributed by atoms with Crippen molar-refractivity contribution in [1.29, 1.82) is 0 Å². The first-order valence-corrected chi connectivity index (χ1v) is 5.19. The molecule has 1 amide bonds. The molecule has 0 aromatic carbocycles. The van der Waals surface area contributed by atoms with Gasteiger partial charge in [0.25, 0.3) is 0 Å². The Morgan fingerprint density at radius 1 is 1.50 bits per heavy atom. The Balaban J connectivity index is 1.99. The standard InChI is InChI=1S/C10H18N2O2/c1-7-9(2,5-6-14-7)12-8(13)10(11)3-4-10/h7H,3-6,11H2,1-2H3,(H,12,13). The average Bonchev–Trinajstić information content (AvgIpc) is 2.77. The highest BCUT2D eigenvalue weighted by Gasteiger charge is 2.49. The minimum atomic E-state index is -0.578. The molecule has 14 heavy (non-hydrogen) atoms. The molecular weight excluding hydrogens is 180 g/mol. The normalized spacial score (nSPS) is 39.5. The summed E-state index contributed by atoms with van der Waals surface area (Å²) in [7, 11) is 0. The monoisotopic (exact) mass is 198 g/mol. The summed E-state index contributed by atoms with van der Waals surface area (Å²) in [6, 6.07) is 0. The van der Waals surface area contributed by atoms with Gasteiger partial charge in [-0.05, 0) is 33.1 Å². The first-order chi connectivity index (χ1) is 6.46. The van der Waals surface area contributed by atoms with Gasteiger partial charge in [-0.15, -0.1) is 0 Å². The topological polar surface area (TPSA) is 64.3 Å². The van der Waals surface area contributed by atoms with E-state index in [0.717, 1.165) is 25.9 Å². The Bertz CT molecular complexity index is 263. The Morgan fingerprint density at radius 3 is 2.57 bits per heavy atom. The van der Waals surface area contributed by atoms with Crippen LogP contribution in [0.2, 0.25) is 0 Å². The summed E-state index contributed by atoms with van der Waals surface area (Å²) < 4.78 is 5.45. The maximum absolute atomic E-state index is 11.7. The third-order valence-corrected chi connectivity index (χ3v) is 3.53. The molecule has 2 fully saturated rings. The lowest BCUT2D eigenvalue weighted by atomic mass is 9.94. The van der Waals surface area contributed by atoms with E-state index in [0.29, 0.717) is 0 Å². The predicted octanol–water partition coefficient (Wildman–Crippen LogP) is 0.161. The lowest BCUT2D eigenvalue weighted by molar-refractivity contribution is -0.125. The fourth-order valence-electron chi connectivity index (χ4n) is 1.74. The molecule has 4 nitrogen and oxygen atoms in total. The van der Waals surface area contributed by atoms with Gasteiger partial charge >= 0.3 is 0 Å². The fraction of sp³-hybridized carbons (Fsp3) is 0.900. The van der Waals surface area contributed by atoms with Crippen LogP contribution < -0.4 is 11.1 Å². The first-order valence-electron chi connectivity index (χ1n) is 5.19. The van der Waals surface area contributed by atoms with E-state index in [4.69, 9.17) is 10.5 Å². The van der Waals surface area contributed by atoms with E-state index in [1.807, 2.05) is 13.8 Å². The molecule has 4 heteroatoms. The largest absolute Gasteiger partial charge is 0.376 e. The summed E-state index contributed by atoms with van der Waals surface area (Å²) >= 11 is 0. The van der Waals surface area contributed by atoms with Crippen LogP contribution in [0.15, 0.2) is 0 Å². The number of nitrogens with one attached hydrogen (secondary N) is 1. The van der Waals surface area contributed by atoms with Gasteiger partial charge in [0.05, 0.1) is 17.2 Å². The summed E-state index contributed by atoms with van der Waals surface area (Å²) in [6.07, 6.45) is 2.57. The number of carbonyl (C=O) groups is 1. The molecule has 1 aliphatic carbocycles. The van der Waals surface area contributed by atoms with Gasteiger partial charge in [-0.25, -0.2) is 0 Å². The molecule has 1 saturated heterocycles. The molecule has 0 radical (unpaired) electrons. The second-order valence-corrected chi connectivity index (χ2v) is 4.79. The molecule has 1 heterocycles. The molecular formula is C10H18N2O2. The molecule has 1 saturated carbocycles. The molecule has 0 bridgehead atoms. The summed E-state index contributed by atoms with van der Waals surface area (Å²) in [5.74, 6) is -0.0163. The van der Waals surface area contributed by atoms with E-state index in [2.05, 4.69) is 5.32 Å². The van der Waals surface area contributed by atoms with Gasteiger partial charge in [-0.2, -0.15) is 0 Å². The number of nitrogens with two attached hydrogens (primary N) is 1. The minimum absolute atomic E-state index is 0.0163. The van der Waals surface area contributed by atoms with Crippen LogP contribution in [0, 0.1) is 0 Å². The fourth-order valence-corrected chi connectivity index (χ4v) is 1.74. The van der Waals surface area contributed by atoms with Crippen LogP contribution >= 0.6 is 0 Å². The Morgan fingerprint density at radius 2 is 2.14 bits per heavy atom. The number of amides is 1. The molecule has 3 N–H and O–H groups in total. The van der Waals surface area contributed by atoms with Crippen LogP contribution in [0.3, 0.4) is 0 Å². The lowest BCUT2D eigenvalue weighted by Gasteiger charge is -2.30. The van der Waals surface area contributed by atoms with Crippen molar-refractivity contribution in [3.63, 3.8) is 0 Å². The molecule has 0 aromatic heterocycles. The van der Waals surface area contributed by atoms with Crippen LogP contribution in [0.25, 0.3) is 0 Å². The molecule has 2 rings (SSSR count). The van der Waals surface area contributed by atoms with E-state index in [1.54, 1.807) is 0 Å². The SMILES string of the molecule is CC1OCCC1(C)NC(=O)C1(N)CC1. The Labute approximate surface area is 84.2 Å². The van der Waals surface area contributed by atoms with Gasteiger partial charge in [0.1, 0.15) is 0 Å². The zero-order valence-corrected chi connectivity index (χ0v) is 8.80. The highest BCUT2D eigenvalue weighted by Crippen LogP contribution is 2.34. The van der Waals surface area contributed by atoms with E-state index in [9.17, 15) is 4.79 Å². The van der Waals surface area contributed by atoms with Crippen LogP contribution in [-0.4, -0.2) is 29.7 Å². The highest BCUT2D eigenvalue weighted by molar-refractivity contribution is 5.89. The van der Waals surface area contributed by atoms with Crippen molar-refractivity contribution in [2.75, 3.05) is 6.61 Å². The van der Waals surface area contributed by atoms with Crippen LogP contribution in [0.1, 0.15) is 33.1 Å². The zero-order chi connectivity index (χ0) is 10.4. The Kier molecular flexibility index (Phi) is 2.08. The van der Waals surface area contributed by atoms with Crippen molar-refractivity contribution in [2.24, 2.45) is 5.73 Å². The first kappa shape index (κ1) is 9.93. The van der Waals surface area contributed by atoms with E-state index in [-0.39, 0.29) is 17.6 Å². The molecule has 2 atom stereocenters. The molecule has 1 aliphatic heterocycles. The average molecular weight is 198 g/mol. The van der Waals surface area contributed by atoms with Crippen LogP contribution in [0.4, 0.5) is 0 Å². The van der Waals surface area contributed by atoms with E-state index >= 15 is 0 Å². The van der Waals surface area contributed by atoms with Crippen molar-refractivity contribution in [1.82, 2.24) is 5.32 Å².